The molecule has 0 amide bonds. The number of rotatable bonds is 4. The van der Waals surface area contributed by atoms with Gasteiger partial charge in [-0.3, -0.25) is 9.48 Å². The minimum Gasteiger partial charge on any atom is -0.393 e. The number of nitrogen functional groups attached to an aromatic ring is 1. The van der Waals surface area contributed by atoms with E-state index >= 15 is 0 Å². The zero-order valence-corrected chi connectivity index (χ0v) is 12.6. The third-order valence-corrected chi connectivity index (χ3v) is 4.82. The van der Waals surface area contributed by atoms with Crippen molar-refractivity contribution in [1.29, 1.82) is 0 Å². The summed E-state index contributed by atoms with van der Waals surface area (Å²) in [5.74, 6) is 0.543. The summed E-state index contributed by atoms with van der Waals surface area (Å²) in [6.45, 7) is 3.10. The maximum atomic E-state index is 12.6. The Morgan fingerprint density at radius 2 is 1.75 bits per heavy atom. The molecule has 2 saturated carbocycles. The van der Waals surface area contributed by atoms with E-state index in [1.165, 1.54) is 38.5 Å². The molecule has 0 atom stereocenters. The van der Waals surface area contributed by atoms with Crippen LogP contribution in [0.4, 0.5) is 5.69 Å². The third-order valence-electron chi connectivity index (χ3n) is 4.82. The van der Waals surface area contributed by atoms with Gasteiger partial charge in [-0.1, -0.05) is 32.6 Å². The number of anilines is 1. The van der Waals surface area contributed by atoms with Gasteiger partial charge in [0.25, 0.3) is 5.56 Å². The molecule has 112 valence electrons. The van der Waals surface area contributed by atoms with E-state index in [9.17, 15) is 4.79 Å². The lowest BCUT2D eigenvalue weighted by Crippen LogP contribution is -2.28. The molecule has 0 bridgehead atoms. The molecule has 2 aliphatic rings. The highest BCUT2D eigenvalue weighted by Crippen LogP contribution is 2.43. The first-order valence-electron chi connectivity index (χ1n) is 8.34. The SMILES string of the molecule is CCCn1c(C2CC2)c(N)c(=O)n1C1CCCCCC1. The second kappa shape index (κ2) is 5.66. The van der Waals surface area contributed by atoms with Gasteiger partial charge >= 0.3 is 0 Å². The van der Waals surface area contributed by atoms with Gasteiger partial charge in [0.2, 0.25) is 0 Å². The lowest BCUT2D eigenvalue weighted by atomic mass is 10.1. The van der Waals surface area contributed by atoms with Crippen LogP contribution in [0.15, 0.2) is 4.79 Å². The van der Waals surface area contributed by atoms with Crippen LogP contribution in [-0.4, -0.2) is 9.36 Å². The zero-order chi connectivity index (χ0) is 14.1. The van der Waals surface area contributed by atoms with Crippen LogP contribution < -0.4 is 11.3 Å². The molecule has 2 aliphatic carbocycles. The van der Waals surface area contributed by atoms with Gasteiger partial charge in [0, 0.05) is 12.5 Å². The molecule has 1 aromatic heterocycles. The molecule has 20 heavy (non-hydrogen) atoms. The van der Waals surface area contributed by atoms with E-state index in [4.69, 9.17) is 5.73 Å². The summed E-state index contributed by atoms with van der Waals surface area (Å²) >= 11 is 0. The highest BCUT2D eigenvalue weighted by atomic mass is 16.1. The molecule has 1 aromatic rings. The minimum absolute atomic E-state index is 0.0762. The third kappa shape index (κ3) is 2.40. The molecule has 0 radical (unpaired) electrons. The quantitative estimate of drug-likeness (QED) is 0.857. The van der Waals surface area contributed by atoms with Crippen LogP contribution in [0.2, 0.25) is 0 Å². The van der Waals surface area contributed by atoms with E-state index in [-0.39, 0.29) is 5.56 Å². The van der Waals surface area contributed by atoms with E-state index in [1.807, 2.05) is 4.68 Å². The molecule has 0 aliphatic heterocycles. The van der Waals surface area contributed by atoms with Gasteiger partial charge in [0.1, 0.15) is 5.69 Å². The molecule has 0 spiro atoms. The Kier molecular flexibility index (Phi) is 3.90. The summed E-state index contributed by atoms with van der Waals surface area (Å²) in [6, 6.07) is 0.367. The average molecular weight is 277 g/mol. The number of aromatic nitrogens is 2. The largest absolute Gasteiger partial charge is 0.393 e. The summed E-state index contributed by atoms with van der Waals surface area (Å²) in [6.07, 6.45) is 10.8. The topological polar surface area (TPSA) is 52.9 Å². The van der Waals surface area contributed by atoms with Crippen LogP contribution in [0.5, 0.6) is 0 Å². The van der Waals surface area contributed by atoms with E-state index in [0.29, 0.717) is 17.6 Å². The van der Waals surface area contributed by atoms with Crippen LogP contribution >= 0.6 is 0 Å². The average Bonchev–Trinajstić information content (AvgIpc) is 3.23. The van der Waals surface area contributed by atoms with E-state index in [1.54, 1.807) is 0 Å². The fourth-order valence-electron chi connectivity index (χ4n) is 3.69. The first-order valence-corrected chi connectivity index (χ1v) is 8.34. The smallest absolute Gasteiger partial charge is 0.290 e. The predicted octanol–water partition coefficient (Wildman–Crippen LogP) is 3.41. The van der Waals surface area contributed by atoms with Gasteiger partial charge in [-0.25, -0.2) is 4.68 Å². The Hall–Kier alpha value is -1.19. The van der Waals surface area contributed by atoms with Crippen molar-refractivity contribution in [2.24, 2.45) is 0 Å². The van der Waals surface area contributed by atoms with E-state index in [2.05, 4.69) is 11.6 Å². The Balaban J connectivity index is 2.03. The lowest BCUT2D eigenvalue weighted by molar-refractivity contribution is 0.322. The van der Waals surface area contributed by atoms with Crippen molar-refractivity contribution >= 4 is 5.69 Å². The number of nitrogens with two attached hydrogens (primary N) is 1. The van der Waals surface area contributed by atoms with Gasteiger partial charge < -0.3 is 5.73 Å². The van der Waals surface area contributed by atoms with E-state index < -0.39 is 0 Å². The van der Waals surface area contributed by atoms with Crippen LogP contribution in [0.1, 0.15) is 82.4 Å². The zero-order valence-electron chi connectivity index (χ0n) is 12.6. The van der Waals surface area contributed by atoms with Gasteiger partial charge in [-0.2, -0.15) is 0 Å². The van der Waals surface area contributed by atoms with Crippen LogP contribution in [-0.2, 0) is 6.54 Å². The maximum Gasteiger partial charge on any atom is 0.290 e. The highest BCUT2D eigenvalue weighted by Gasteiger charge is 2.33. The maximum absolute atomic E-state index is 12.6. The summed E-state index contributed by atoms with van der Waals surface area (Å²) in [5, 5.41) is 0. The molecular weight excluding hydrogens is 250 g/mol. The van der Waals surface area contributed by atoms with Crippen molar-refractivity contribution in [3.05, 3.63) is 16.0 Å². The van der Waals surface area contributed by atoms with Crippen molar-refractivity contribution in [3.63, 3.8) is 0 Å². The van der Waals surface area contributed by atoms with Gasteiger partial charge in [0.05, 0.1) is 11.7 Å². The minimum atomic E-state index is 0.0762. The Morgan fingerprint density at radius 1 is 1.10 bits per heavy atom. The van der Waals surface area contributed by atoms with Crippen LogP contribution in [0.3, 0.4) is 0 Å². The van der Waals surface area contributed by atoms with Crippen molar-refractivity contribution in [2.75, 3.05) is 5.73 Å². The van der Waals surface area contributed by atoms with Gasteiger partial charge in [-0.05, 0) is 32.1 Å². The van der Waals surface area contributed by atoms with Crippen LogP contribution in [0, 0.1) is 0 Å². The summed E-state index contributed by atoms with van der Waals surface area (Å²) in [5.41, 5.74) is 7.92. The first-order chi connectivity index (χ1) is 9.74. The van der Waals surface area contributed by atoms with Crippen molar-refractivity contribution < 1.29 is 0 Å². The van der Waals surface area contributed by atoms with Crippen molar-refractivity contribution in [2.45, 2.75) is 83.2 Å². The molecule has 2 N–H and O–H groups in total. The highest BCUT2D eigenvalue weighted by molar-refractivity contribution is 5.45. The number of hydrogen-bond donors (Lipinski definition) is 1. The van der Waals surface area contributed by atoms with Crippen LogP contribution in [0.25, 0.3) is 0 Å². The molecule has 0 saturated heterocycles. The molecule has 1 heterocycles. The molecule has 2 fully saturated rings. The molecule has 4 nitrogen and oxygen atoms in total. The molecule has 0 aromatic carbocycles. The summed E-state index contributed by atoms with van der Waals surface area (Å²) in [4.78, 5) is 12.6. The summed E-state index contributed by atoms with van der Waals surface area (Å²) in [7, 11) is 0. The summed E-state index contributed by atoms with van der Waals surface area (Å²) < 4.78 is 4.27. The molecular formula is C16H27N3O. The lowest BCUT2D eigenvalue weighted by Gasteiger charge is -2.21. The number of nitrogens with zero attached hydrogens (tertiary/aromatic N) is 2. The number of hydrogen-bond acceptors (Lipinski definition) is 2. The second-order valence-electron chi connectivity index (χ2n) is 6.49. The van der Waals surface area contributed by atoms with E-state index in [0.717, 1.165) is 31.5 Å². The monoisotopic (exact) mass is 277 g/mol. The molecule has 3 rings (SSSR count). The van der Waals surface area contributed by atoms with Gasteiger partial charge in [0.15, 0.2) is 0 Å². The normalized spacial score (nSPS) is 21.1. The fourth-order valence-corrected chi connectivity index (χ4v) is 3.69. The van der Waals surface area contributed by atoms with Crippen molar-refractivity contribution in [3.8, 4) is 0 Å². The fraction of sp³-hybridized carbons (Fsp3) is 0.812. The Labute approximate surface area is 120 Å². The van der Waals surface area contributed by atoms with Gasteiger partial charge in [-0.15, -0.1) is 0 Å². The second-order valence-corrected chi connectivity index (χ2v) is 6.49. The predicted molar refractivity (Wildman–Crippen MR) is 82.1 cm³/mol. The first kappa shape index (κ1) is 13.8. The molecule has 0 unspecified atom stereocenters. The molecule has 4 heteroatoms. The Morgan fingerprint density at radius 3 is 2.30 bits per heavy atom. The standard InChI is InChI=1S/C16H27N3O/c1-2-11-18-15(12-9-10-12)14(17)16(20)19(18)13-7-5-3-4-6-8-13/h12-13H,2-11,17H2,1H3. The Bertz CT molecular complexity index is 517. The van der Waals surface area contributed by atoms with Crippen molar-refractivity contribution in [1.82, 2.24) is 9.36 Å².